The molecule has 3 heteroatoms. The summed E-state index contributed by atoms with van der Waals surface area (Å²) in [6.07, 6.45) is 2.75. The first-order chi connectivity index (χ1) is 6.07. The second-order valence-corrected chi connectivity index (χ2v) is 3.87. The minimum absolute atomic E-state index is 0.0116. The quantitative estimate of drug-likeness (QED) is 0.656. The Morgan fingerprint density at radius 2 is 2.00 bits per heavy atom. The van der Waals surface area contributed by atoms with Crippen molar-refractivity contribution in [3.8, 4) is 0 Å². The molecule has 0 aliphatic heterocycles. The van der Waals surface area contributed by atoms with Gasteiger partial charge in [-0.05, 0) is 18.8 Å². The fourth-order valence-electron chi connectivity index (χ4n) is 1.06. The molecule has 0 radical (unpaired) electrons. The predicted octanol–water partition coefficient (Wildman–Crippen LogP) is 1.28. The average molecular weight is 186 g/mol. The third kappa shape index (κ3) is 6.58. The number of nitrogens with one attached hydrogen (secondary N) is 1. The van der Waals surface area contributed by atoms with Gasteiger partial charge in [0.1, 0.15) is 0 Å². The van der Waals surface area contributed by atoms with E-state index in [4.69, 9.17) is 5.73 Å². The number of hydrogen-bond donors (Lipinski definition) is 2. The minimum Gasteiger partial charge on any atom is -0.355 e. The molecule has 0 aromatic carbocycles. The molecule has 0 heterocycles. The van der Waals surface area contributed by atoms with Gasteiger partial charge >= 0.3 is 0 Å². The summed E-state index contributed by atoms with van der Waals surface area (Å²) in [5, 5.41) is 2.83. The molecular formula is C10H22N2O. The van der Waals surface area contributed by atoms with Crippen LogP contribution in [0.1, 0.15) is 40.0 Å². The van der Waals surface area contributed by atoms with Crippen molar-refractivity contribution in [2.45, 2.75) is 46.1 Å². The third-order valence-electron chi connectivity index (χ3n) is 1.96. The topological polar surface area (TPSA) is 55.1 Å². The fourth-order valence-corrected chi connectivity index (χ4v) is 1.06. The lowest BCUT2D eigenvalue weighted by Gasteiger charge is -2.11. The molecule has 13 heavy (non-hydrogen) atoms. The summed E-state index contributed by atoms with van der Waals surface area (Å²) >= 11 is 0. The van der Waals surface area contributed by atoms with Crippen molar-refractivity contribution in [3.05, 3.63) is 0 Å². The summed E-state index contributed by atoms with van der Waals surface area (Å²) in [4.78, 5) is 11.3. The summed E-state index contributed by atoms with van der Waals surface area (Å²) in [5.41, 5.74) is 5.63. The molecule has 0 saturated heterocycles. The lowest BCUT2D eigenvalue weighted by molar-refractivity contribution is -0.122. The van der Waals surface area contributed by atoms with Crippen molar-refractivity contribution in [1.29, 1.82) is 0 Å². The number of amides is 1. The molecule has 78 valence electrons. The number of carbonyl (C=O) groups is 1. The number of nitrogens with two attached hydrogens (primary N) is 1. The SMILES string of the molecule is CCCC(N)C(=O)NCCC(C)C. The molecule has 0 rings (SSSR count). The first-order valence-electron chi connectivity index (χ1n) is 5.11. The Kier molecular flexibility index (Phi) is 6.59. The van der Waals surface area contributed by atoms with E-state index in [1.165, 1.54) is 0 Å². The Hall–Kier alpha value is -0.570. The van der Waals surface area contributed by atoms with Crippen LogP contribution in [0.4, 0.5) is 0 Å². The first kappa shape index (κ1) is 12.4. The first-order valence-corrected chi connectivity index (χ1v) is 5.11. The smallest absolute Gasteiger partial charge is 0.236 e. The van der Waals surface area contributed by atoms with Gasteiger partial charge in [-0.2, -0.15) is 0 Å². The molecule has 0 aromatic rings. The Labute approximate surface area is 81.1 Å². The Morgan fingerprint density at radius 3 is 2.46 bits per heavy atom. The summed E-state index contributed by atoms with van der Waals surface area (Å²) in [6.45, 7) is 7.05. The van der Waals surface area contributed by atoms with E-state index in [1.807, 2.05) is 6.92 Å². The summed E-state index contributed by atoms with van der Waals surface area (Å²) < 4.78 is 0. The molecule has 0 fully saturated rings. The lowest BCUT2D eigenvalue weighted by Crippen LogP contribution is -2.40. The third-order valence-corrected chi connectivity index (χ3v) is 1.96. The van der Waals surface area contributed by atoms with Crippen molar-refractivity contribution >= 4 is 5.91 Å². The number of hydrogen-bond acceptors (Lipinski definition) is 2. The van der Waals surface area contributed by atoms with E-state index in [1.54, 1.807) is 0 Å². The molecule has 1 unspecified atom stereocenters. The maximum absolute atomic E-state index is 11.3. The van der Waals surface area contributed by atoms with E-state index in [-0.39, 0.29) is 11.9 Å². The monoisotopic (exact) mass is 186 g/mol. The van der Waals surface area contributed by atoms with Crippen LogP contribution in [0.25, 0.3) is 0 Å². The summed E-state index contributed by atoms with van der Waals surface area (Å²) in [7, 11) is 0. The molecule has 3 N–H and O–H groups in total. The van der Waals surface area contributed by atoms with Crippen molar-refractivity contribution in [3.63, 3.8) is 0 Å². The van der Waals surface area contributed by atoms with Crippen LogP contribution in [-0.2, 0) is 4.79 Å². The summed E-state index contributed by atoms with van der Waals surface area (Å²) in [6, 6.07) is -0.322. The van der Waals surface area contributed by atoms with Crippen molar-refractivity contribution in [2.75, 3.05) is 6.54 Å². The second kappa shape index (κ2) is 6.89. The van der Waals surface area contributed by atoms with Crippen LogP contribution in [0.2, 0.25) is 0 Å². The average Bonchev–Trinajstić information content (AvgIpc) is 2.04. The van der Waals surface area contributed by atoms with E-state index in [9.17, 15) is 4.79 Å². The van der Waals surface area contributed by atoms with Gasteiger partial charge in [-0.3, -0.25) is 4.79 Å². The fraction of sp³-hybridized carbons (Fsp3) is 0.900. The van der Waals surface area contributed by atoms with Crippen molar-refractivity contribution in [1.82, 2.24) is 5.32 Å². The van der Waals surface area contributed by atoms with Gasteiger partial charge in [0.15, 0.2) is 0 Å². The Bertz CT molecular complexity index is 146. The van der Waals surface area contributed by atoms with Crippen LogP contribution < -0.4 is 11.1 Å². The van der Waals surface area contributed by atoms with Crippen LogP contribution in [0.3, 0.4) is 0 Å². The van der Waals surface area contributed by atoms with Crippen LogP contribution >= 0.6 is 0 Å². The molecular weight excluding hydrogens is 164 g/mol. The van der Waals surface area contributed by atoms with E-state index in [0.717, 1.165) is 25.8 Å². The van der Waals surface area contributed by atoms with Crippen LogP contribution in [0, 0.1) is 5.92 Å². The highest BCUT2D eigenvalue weighted by Gasteiger charge is 2.10. The molecule has 0 bridgehead atoms. The zero-order valence-corrected chi connectivity index (χ0v) is 8.97. The van der Waals surface area contributed by atoms with Gasteiger partial charge in [-0.25, -0.2) is 0 Å². The molecule has 0 aromatic heterocycles. The summed E-state index contributed by atoms with van der Waals surface area (Å²) in [5.74, 6) is 0.616. The molecule has 1 amide bonds. The van der Waals surface area contributed by atoms with E-state index < -0.39 is 0 Å². The van der Waals surface area contributed by atoms with Gasteiger partial charge in [0, 0.05) is 6.54 Å². The standard InChI is InChI=1S/C10H22N2O/c1-4-5-9(11)10(13)12-7-6-8(2)3/h8-9H,4-7,11H2,1-3H3,(H,12,13). The second-order valence-electron chi connectivity index (χ2n) is 3.87. The maximum atomic E-state index is 11.3. The van der Waals surface area contributed by atoms with E-state index in [0.29, 0.717) is 5.92 Å². The van der Waals surface area contributed by atoms with E-state index in [2.05, 4.69) is 19.2 Å². The number of carbonyl (C=O) groups excluding carboxylic acids is 1. The Morgan fingerprint density at radius 1 is 1.38 bits per heavy atom. The molecule has 0 spiro atoms. The van der Waals surface area contributed by atoms with E-state index >= 15 is 0 Å². The highest BCUT2D eigenvalue weighted by atomic mass is 16.2. The molecule has 0 aliphatic carbocycles. The predicted molar refractivity (Wildman–Crippen MR) is 55.3 cm³/mol. The van der Waals surface area contributed by atoms with Crippen LogP contribution in [0.15, 0.2) is 0 Å². The zero-order valence-electron chi connectivity index (χ0n) is 8.97. The van der Waals surface area contributed by atoms with Gasteiger partial charge in [-0.15, -0.1) is 0 Å². The van der Waals surface area contributed by atoms with Gasteiger partial charge in [0.25, 0.3) is 0 Å². The lowest BCUT2D eigenvalue weighted by atomic mass is 10.1. The van der Waals surface area contributed by atoms with Crippen molar-refractivity contribution in [2.24, 2.45) is 11.7 Å². The van der Waals surface area contributed by atoms with Gasteiger partial charge in [0.2, 0.25) is 5.91 Å². The van der Waals surface area contributed by atoms with Crippen molar-refractivity contribution < 1.29 is 4.79 Å². The minimum atomic E-state index is -0.322. The molecule has 3 nitrogen and oxygen atoms in total. The van der Waals surface area contributed by atoms with Gasteiger partial charge < -0.3 is 11.1 Å². The zero-order chi connectivity index (χ0) is 10.3. The molecule has 1 atom stereocenters. The molecule has 0 saturated carbocycles. The highest BCUT2D eigenvalue weighted by molar-refractivity contribution is 5.81. The molecule has 0 aliphatic rings. The van der Waals surface area contributed by atoms with Crippen LogP contribution in [-0.4, -0.2) is 18.5 Å². The Balaban J connectivity index is 3.50. The van der Waals surface area contributed by atoms with Crippen LogP contribution in [0.5, 0.6) is 0 Å². The van der Waals surface area contributed by atoms with Gasteiger partial charge in [0.05, 0.1) is 6.04 Å². The van der Waals surface area contributed by atoms with Gasteiger partial charge in [-0.1, -0.05) is 27.2 Å². The normalized spacial score (nSPS) is 13.0. The largest absolute Gasteiger partial charge is 0.355 e. The highest BCUT2D eigenvalue weighted by Crippen LogP contribution is 1.97. The maximum Gasteiger partial charge on any atom is 0.236 e. The number of rotatable bonds is 6.